The van der Waals surface area contributed by atoms with E-state index in [9.17, 15) is 4.79 Å². The molecule has 0 aliphatic heterocycles. The topological polar surface area (TPSA) is 63.7 Å². The standard InChI is InChI=1S/C24H23N3O3/c1-16-9-10-17-14-19-20(26-21(17)13-16)11-12-22(29-3)23(19)27(15-30-24(28)25-2)18-7-5-4-6-8-18/h4-14H,15H2,1-3H3,(H,25,28). The van der Waals surface area contributed by atoms with Crippen LogP contribution in [-0.4, -0.2) is 32.0 Å². The second-order valence-electron chi connectivity index (χ2n) is 6.94. The highest BCUT2D eigenvalue weighted by atomic mass is 16.6. The number of carbonyl (C=O) groups is 1. The first-order valence-corrected chi connectivity index (χ1v) is 9.66. The van der Waals surface area contributed by atoms with Crippen LogP contribution in [0.5, 0.6) is 5.75 Å². The molecule has 0 fully saturated rings. The number of hydrogen-bond acceptors (Lipinski definition) is 5. The lowest BCUT2D eigenvalue weighted by Gasteiger charge is -2.27. The van der Waals surface area contributed by atoms with Gasteiger partial charge in [0, 0.05) is 23.5 Å². The highest BCUT2D eigenvalue weighted by Gasteiger charge is 2.20. The van der Waals surface area contributed by atoms with E-state index < -0.39 is 6.09 Å². The summed E-state index contributed by atoms with van der Waals surface area (Å²) in [6, 6.07) is 21.9. The number of anilines is 2. The van der Waals surface area contributed by atoms with E-state index in [2.05, 4.69) is 36.5 Å². The van der Waals surface area contributed by atoms with Crippen molar-refractivity contribution in [2.24, 2.45) is 0 Å². The van der Waals surface area contributed by atoms with E-state index in [-0.39, 0.29) is 6.73 Å². The van der Waals surface area contributed by atoms with Gasteiger partial charge in [-0.3, -0.25) is 0 Å². The summed E-state index contributed by atoms with van der Waals surface area (Å²) in [5.41, 5.74) is 4.60. The Bertz CT molecular complexity index is 1210. The molecule has 4 rings (SSSR count). The van der Waals surface area contributed by atoms with Crippen LogP contribution in [0.1, 0.15) is 5.56 Å². The van der Waals surface area contributed by atoms with E-state index in [0.717, 1.165) is 38.7 Å². The van der Waals surface area contributed by atoms with E-state index in [1.165, 1.54) is 7.05 Å². The van der Waals surface area contributed by atoms with Crippen molar-refractivity contribution in [3.05, 3.63) is 72.3 Å². The molecule has 6 heteroatoms. The van der Waals surface area contributed by atoms with Crippen molar-refractivity contribution < 1.29 is 14.3 Å². The lowest BCUT2D eigenvalue weighted by molar-refractivity contribution is 0.151. The average molecular weight is 401 g/mol. The molecule has 0 spiro atoms. The Morgan fingerprint density at radius 2 is 1.83 bits per heavy atom. The molecule has 0 unspecified atom stereocenters. The number of para-hydroxylation sites is 1. The highest BCUT2D eigenvalue weighted by molar-refractivity contribution is 6.03. The van der Waals surface area contributed by atoms with Gasteiger partial charge >= 0.3 is 6.09 Å². The summed E-state index contributed by atoms with van der Waals surface area (Å²) in [6.07, 6.45) is -0.505. The number of pyridine rings is 1. The minimum absolute atomic E-state index is 0.0189. The van der Waals surface area contributed by atoms with Crippen molar-refractivity contribution in [1.82, 2.24) is 10.3 Å². The first-order valence-electron chi connectivity index (χ1n) is 9.66. The molecule has 1 N–H and O–H groups in total. The number of aromatic nitrogens is 1. The second kappa shape index (κ2) is 8.29. The maximum atomic E-state index is 11.8. The van der Waals surface area contributed by atoms with Crippen LogP contribution in [0.3, 0.4) is 0 Å². The summed E-state index contributed by atoms with van der Waals surface area (Å²) >= 11 is 0. The number of aryl methyl sites for hydroxylation is 1. The van der Waals surface area contributed by atoms with Crippen LogP contribution in [0, 0.1) is 6.92 Å². The van der Waals surface area contributed by atoms with Gasteiger partial charge in [0.2, 0.25) is 0 Å². The zero-order chi connectivity index (χ0) is 21.1. The molecule has 1 heterocycles. The Kier molecular flexibility index (Phi) is 5.39. The molecule has 6 nitrogen and oxygen atoms in total. The maximum absolute atomic E-state index is 11.8. The number of alkyl carbamates (subject to hydrolysis) is 1. The van der Waals surface area contributed by atoms with E-state index in [0.29, 0.717) is 5.75 Å². The van der Waals surface area contributed by atoms with Crippen LogP contribution in [0.4, 0.5) is 16.2 Å². The smallest absolute Gasteiger partial charge is 0.408 e. The molecule has 152 valence electrons. The van der Waals surface area contributed by atoms with Gasteiger partial charge in [0.1, 0.15) is 5.75 Å². The van der Waals surface area contributed by atoms with Gasteiger partial charge in [-0.1, -0.05) is 30.3 Å². The van der Waals surface area contributed by atoms with Crippen molar-refractivity contribution in [3.8, 4) is 5.75 Å². The van der Waals surface area contributed by atoms with Gasteiger partial charge in [0.25, 0.3) is 0 Å². The van der Waals surface area contributed by atoms with Crippen molar-refractivity contribution >= 4 is 39.3 Å². The number of hydrogen-bond donors (Lipinski definition) is 1. The van der Waals surface area contributed by atoms with E-state index >= 15 is 0 Å². The summed E-state index contributed by atoms with van der Waals surface area (Å²) in [5.74, 6) is 0.667. The molecule has 30 heavy (non-hydrogen) atoms. The largest absolute Gasteiger partial charge is 0.495 e. The van der Waals surface area contributed by atoms with E-state index in [1.807, 2.05) is 47.4 Å². The molecule has 0 atom stereocenters. The Hall–Kier alpha value is -3.80. The van der Waals surface area contributed by atoms with Gasteiger partial charge in [-0.15, -0.1) is 0 Å². The zero-order valence-corrected chi connectivity index (χ0v) is 17.2. The Balaban J connectivity index is 1.95. The fraction of sp³-hybridized carbons (Fsp3) is 0.167. The molecule has 0 saturated heterocycles. The third-order valence-corrected chi connectivity index (χ3v) is 4.97. The molecule has 4 aromatic rings. The summed E-state index contributed by atoms with van der Waals surface area (Å²) in [5, 5.41) is 4.43. The van der Waals surface area contributed by atoms with Gasteiger partial charge in [-0.2, -0.15) is 0 Å². The van der Waals surface area contributed by atoms with Gasteiger partial charge in [-0.05, 0) is 48.9 Å². The first kappa shape index (κ1) is 19.5. The molecule has 0 saturated carbocycles. The minimum atomic E-state index is -0.505. The first-order chi connectivity index (χ1) is 14.6. The molecule has 0 aliphatic rings. The van der Waals surface area contributed by atoms with Crippen molar-refractivity contribution in [2.75, 3.05) is 25.8 Å². The Morgan fingerprint density at radius 3 is 2.57 bits per heavy atom. The van der Waals surface area contributed by atoms with Crippen LogP contribution < -0.4 is 15.0 Å². The monoisotopic (exact) mass is 401 g/mol. The van der Waals surface area contributed by atoms with E-state index in [1.54, 1.807) is 7.11 Å². The molecule has 1 amide bonds. The molecule has 0 aliphatic carbocycles. The molecule has 1 aromatic heterocycles. The quantitative estimate of drug-likeness (QED) is 0.370. The van der Waals surface area contributed by atoms with Gasteiger partial charge in [-0.25, -0.2) is 9.78 Å². The predicted molar refractivity (Wildman–Crippen MR) is 120 cm³/mol. The van der Waals surface area contributed by atoms with Gasteiger partial charge in [0.05, 0.1) is 23.8 Å². The number of fused-ring (bicyclic) bond motifs is 2. The lowest BCUT2D eigenvalue weighted by Crippen LogP contribution is -2.28. The number of nitrogens with zero attached hydrogens (tertiary/aromatic N) is 2. The number of benzene rings is 3. The third-order valence-electron chi connectivity index (χ3n) is 4.97. The van der Waals surface area contributed by atoms with Gasteiger partial charge < -0.3 is 19.7 Å². The van der Waals surface area contributed by atoms with Crippen molar-refractivity contribution in [2.45, 2.75) is 6.92 Å². The fourth-order valence-corrected chi connectivity index (χ4v) is 3.49. The highest BCUT2D eigenvalue weighted by Crippen LogP contribution is 2.40. The summed E-state index contributed by atoms with van der Waals surface area (Å²) in [4.78, 5) is 18.6. The number of rotatable bonds is 5. The average Bonchev–Trinajstić information content (AvgIpc) is 2.78. The number of nitrogens with one attached hydrogen (secondary N) is 1. The normalized spacial score (nSPS) is 10.8. The van der Waals surface area contributed by atoms with E-state index in [4.69, 9.17) is 14.5 Å². The van der Waals surface area contributed by atoms with Crippen LogP contribution >= 0.6 is 0 Å². The predicted octanol–water partition coefficient (Wildman–Crippen LogP) is 5.16. The maximum Gasteiger partial charge on any atom is 0.408 e. The zero-order valence-electron chi connectivity index (χ0n) is 17.2. The second-order valence-corrected chi connectivity index (χ2v) is 6.94. The van der Waals surface area contributed by atoms with Crippen molar-refractivity contribution in [1.29, 1.82) is 0 Å². The molecule has 3 aromatic carbocycles. The van der Waals surface area contributed by atoms with Crippen LogP contribution in [0.2, 0.25) is 0 Å². The SMILES string of the molecule is CNC(=O)OCN(c1ccccc1)c1c(OC)ccc2nc3cc(C)ccc3cc12. The number of carbonyl (C=O) groups excluding carboxylic acids is 1. The number of amides is 1. The molecular weight excluding hydrogens is 378 g/mol. The summed E-state index contributed by atoms with van der Waals surface area (Å²) in [7, 11) is 3.16. The van der Waals surface area contributed by atoms with Crippen LogP contribution in [0.15, 0.2) is 66.7 Å². The van der Waals surface area contributed by atoms with Crippen molar-refractivity contribution in [3.63, 3.8) is 0 Å². The third kappa shape index (κ3) is 3.72. The summed E-state index contributed by atoms with van der Waals surface area (Å²) < 4.78 is 11.1. The molecular formula is C24H23N3O3. The van der Waals surface area contributed by atoms with Crippen LogP contribution in [-0.2, 0) is 4.74 Å². The molecule has 0 bridgehead atoms. The van der Waals surface area contributed by atoms with Gasteiger partial charge in [0.15, 0.2) is 6.73 Å². The minimum Gasteiger partial charge on any atom is -0.495 e. The Labute approximate surface area is 175 Å². The molecule has 0 radical (unpaired) electrons. The summed E-state index contributed by atoms with van der Waals surface area (Å²) in [6.45, 7) is 2.07. The number of ether oxygens (including phenoxy) is 2. The van der Waals surface area contributed by atoms with Crippen LogP contribution in [0.25, 0.3) is 21.8 Å². The Morgan fingerprint density at radius 1 is 1.03 bits per heavy atom. The lowest BCUT2D eigenvalue weighted by atomic mass is 10.1. The number of methoxy groups -OCH3 is 1. The fourth-order valence-electron chi connectivity index (χ4n) is 3.49.